The van der Waals surface area contributed by atoms with E-state index in [4.69, 9.17) is 4.52 Å². The van der Waals surface area contributed by atoms with Crippen molar-refractivity contribution in [3.05, 3.63) is 22.1 Å². The summed E-state index contributed by atoms with van der Waals surface area (Å²) in [7, 11) is -3.04. The van der Waals surface area contributed by atoms with E-state index in [1.54, 1.807) is 4.57 Å². The average Bonchev–Trinajstić information content (AvgIpc) is 3.38. The van der Waals surface area contributed by atoms with E-state index >= 15 is 0 Å². The molecule has 2 aliphatic rings. The molecule has 0 amide bonds. The predicted octanol–water partition coefficient (Wildman–Crippen LogP) is 2.83. The summed E-state index contributed by atoms with van der Waals surface area (Å²) < 4.78 is 24.7. The minimum absolute atomic E-state index is 0.0160. The highest BCUT2D eigenvalue weighted by atomic mass is 31.2. The molecular formula is C14H24N5O4P. The zero-order chi connectivity index (χ0) is 17.6. The van der Waals surface area contributed by atoms with E-state index in [1.807, 2.05) is 37.0 Å². The molecule has 0 bridgehead atoms. The number of hydrogen-bond donors (Lipinski definition) is 0. The van der Waals surface area contributed by atoms with Gasteiger partial charge in [0, 0.05) is 26.2 Å². The van der Waals surface area contributed by atoms with Crippen LogP contribution in [0.4, 0.5) is 5.82 Å². The van der Waals surface area contributed by atoms with Gasteiger partial charge < -0.3 is 10.1 Å². The molecule has 1 unspecified atom stereocenters. The molecule has 1 atom stereocenters. The molecule has 0 N–H and O–H groups in total. The van der Waals surface area contributed by atoms with Crippen molar-refractivity contribution >= 4 is 13.5 Å². The fourth-order valence-corrected chi connectivity index (χ4v) is 5.21. The second-order valence-corrected chi connectivity index (χ2v) is 9.19. The summed E-state index contributed by atoms with van der Waals surface area (Å²) in [5.41, 5.74) is 0. The van der Waals surface area contributed by atoms with Crippen molar-refractivity contribution in [2.45, 2.75) is 39.8 Å². The standard InChI is InChI=1S/C14H24N5O4P/c1-10(2)13(23-24(22,16-5-6-16)17-7-8-17)14-15-9-12(19(20)21)18(14)11(3)4/h9-11,13H,5-8H2,1-4H3. The quantitative estimate of drug-likeness (QED) is 0.306. The van der Waals surface area contributed by atoms with E-state index in [-0.39, 0.29) is 17.8 Å². The van der Waals surface area contributed by atoms with Crippen molar-refractivity contribution in [1.82, 2.24) is 18.9 Å². The van der Waals surface area contributed by atoms with Crippen molar-refractivity contribution in [2.24, 2.45) is 5.92 Å². The molecule has 0 spiro atoms. The minimum atomic E-state index is -3.04. The van der Waals surface area contributed by atoms with Gasteiger partial charge >= 0.3 is 13.5 Å². The lowest BCUT2D eigenvalue weighted by Gasteiger charge is -2.27. The Balaban J connectivity index is 1.97. The molecule has 2 fully saturated rings. The minimum Gasteiger partial charge on any atom is -0.358 e. The summed E-state index contributed by atoms with van der Waals surface area (Å²) in [4.78, 5) is 15.1. The highest BCUT2D eigenvalue weighted by Crippen LogP contribution is 2.63. The van der Waals surface area contributed by atoms with Gasteiger partial charge in [0.15, 0.2) is 0 Å². The maximum atomic E-state index is 13.3. The molecule has 9 nitrogen and oxygen atoms in total. The summed E-state index contributed by atoms with van der Waals surface area (Å²) in [5, 5.41) is 11.3. The Morgan fingerprint density at radius 3 is 2.12 bits per heavy atom. The summed E-state index contributed by atoms with van der Waals surface area (Å²) in [6.45, 7) is 10.7. The SMILES string of the molecule is CC(C)C(OP(=O)(N1CC1)N1CC1)c1ncc([N+](=O)[O-])n1C(C)C. The number of rotatable bonds is 8. The first kappa shape index (κ1) is 17.5. The number of nitro groups is 1. The third-order valence-electron chi connectivity index (χ3n) is 4.18. The van der Waals surface area contributed by atoms with E-state index in [0.717, 1.165) is 26.2 Å². The second kappa shape index (κ2) is 6.22. The van der Waals surface area contributed by atoms with Gasteiger partial charge in [0.1, 0.15) is 12.3 Å². The van der Waals surface area contributed by atoms with Crippen LogP contribution >= 0.6 is 7.67 Å². The zero-order valence-corrected chi connectivity index (χ0v) is 15.3. The first-order chi connectivity index (χ1) is 11.3. The lowest BCUT2D eigenvalue weighted by Crippen LogP contribution is -2.21. The van der Waals surface area contributed by atoms with Crippen LogP contribution in [0.1, 0.15) is 45.7 Å². The first-order valence-corrected chi connectivity index (χ1v) is 9.79. The predicted molar refractivity (Wildman–Crippen MR) is 88.7 cm³/mol. The highest BCUT2D eigenvalue weighted by Gasteiger charge is 2.52. The van der Waals surface area contributed by atoms with Crippen molar-refractivity contribution in [1.29, 1.82) is 0 Å². The average molecular weight is 357 g/mol. The number of nitrogens with zero attached hydrogens (tertiary/aromatic N) is 5. The molecule has 2 saturated heterocycles. The Morgan fingerprint density at radius 1 is 1.21 bits per heavy atom. The van der Waals surface area contributed by atoms with Gasteiger partial charge in [-0.3, -0.25) is 9.09 Å². The van der Waals surface area contributed by atoms with Crippen molar-refractivity contribution in [3.8, 4) is 0 Å². The molecule has 2 aliphatic heterocycles. The molecule has 3 heterocycles. The summed E-state index contributed by atoms with van der Waals surface area (Å²) in [6, 6.07) is -0.144. The number of aromatic nitrogens is 2. The Hall–Kier alpha value is -1.28. The van der Waals surface area contributed by atoms with E-state index in [0.29, 0.717) is 5.82 Å². The van der Waals surface area contributed by atoms with Gasteiger partial charge in [-0.05, 0) is 24.7 Å². The van der Waals surface area contributed by atoms with Gasteiger partial charge in [0.25, 0.3) is 0 Å². The van der Waals surface area contributed by atoms with Gasteiger partial charge in [0.2, 0.25) is 5.82 Å². The normalized spacial score (nSPS) is 19.9. The van der Waals surface area contributed by atoms with E-state index < -0.39 is 18.7 Å². The summed E-state index contributed by atoms with van der Waals surface area (Å²) >= 11 is 0. The number of hydrogen-bond acceptors (Lipinski definition) is 5. The van der Waals surface area contributed by atoms with Gasteiger partial charge in [-0.15, -0.1) is 0 Å². The van der Waals surface area contributed by atoms with Gasteiger partial charge in [-0.25, -0.2) is 18.9 Å². The molecule has 0 aliphatic carbocycles. The van der Waals surface area contributed by atoms with Crippen LogP contribution in [0.15, 0.2) is 6.20 Å². The van der Waals surface area contributed by atoms with Crippen LogP contribution in [0.2, 0.25) is 0 Å². The molecule has 0 radical (unpaired) electrons. The largest absolute Gasteiger partial charge is 0.358 e. The first-order valence-electron chi connectivity index (χ1n) is 8.26. The molecule has 1 aromatic rings. The fourth-order valence-electron chi connectivity index (χ4n) is 2.76. The Labute approximate surface area is 141 Å². The van der Waals surface area contributed by atoms with Gasteiger partial charge in [-0.1, -0.05) is 13.8 Å². The van der Waals surface area contributed by atoms with Crippen LogP contribution in [0, 0.1) is 16.0 Å². The third-order valence-corrected chi connectivity index (χ3v) is 6.91. The summed E-state index contributed by atoms with van der Waals surface area (Å²) in [6.07, 6.45) is 0.696. The van der Waals surface area contributed by atoms with Gasteiger partial charge in [-0.2, -0.15) is 0 Å². The van der Waals surface area contributed by atoms with Crippen molar-refractivity contribution in [2.75, 3.05) is 26.2 Å². The van der Waals surface area contributed by atoms with Crippen molar-refractivity contribution in [3.63, 3.8) is 0 Å². The van der Waals surface area contributed by atoms with Crippen molar-refractivity contribution < 1.29 is 14.0 Å². The van der Waals surface area contributed by atoms with E-state index in [2.05, 4.69) is 4.98 Å². The van der Waals surface area contributed by atoms with Gasteiger partial charge in [0.05, 0.1) is 6.04 Å². The lowest BCUT2D eigenvalue weighted by molar-refractivity contribution is -0.392. The van der Waals surface area contributed by atoms with Crippen LogP contribution < -0.4 is 0 Å². The van der Waals surface area contributed by atoms with Crippen LogP contribution in [0.3, 0.4) is 0 Å². The zero-order valence-electron chi connectivity index (χ0n) is 14.5. The Bertz CT molecular complexity index is 665. The fraction of sp³-hybridized carbons (Fsp3) is 0.786. The Kier molecular flexibility index (Phi) is 4.55. The van der Waals surface area contributed by atoms with Crippen LogP contribution in [-0.2, 0) is 9.09 Å². The highest BCUT2D eigenvalue weighted by molar-refractivity contribution is 7.54. The molecule has 10 heteroatoms. The maximum absolute atomic E-state index is 13.3. The molecule has 0 saturated carbocycles. The van der Waals surface area contributed by atoms with Crippen LogP contribution in [-0.4, -0.2) is 50.0 Å². The Morgan fingerprint density at radius 2 is 1.75 bits per heavy atom. The second-order valence-electron chi connectivity index (χ2n) is 6.86. The summed E-state index contributed by atoms with van der Waals surface area (Å²) in [5.74, 6) is 0.385. The molecule has 134 valence electrons. The topological polar surface area (TPSA) is 93.3 Å². The molecule has 3 rings (SSSR count). The monoisotopic (exact) mass is 357 g/mol. The molecule has 24 heavy (non-hydrogen) atoms. The van der Waals surface area contributed by atoms with E-state index in [1.165, 1.54) is 6.20 Å². The molecular weight excluding hydrogens is 333 g/mol. The molecule has 0 aromatic carbocycles. The van der Waals surface area contributed by atoms with E-state index in [9.17, 15) is 14.7 Å². The maximum Gasteiger partial charge on any atom is 0.347 e. The lowest BCUT2D eigenvalue weighted by atomic mass is 10.1. The smallest absolute Gasteiger partial charge is 0.347 e. The third kappa shape index (κ3) is 3.13. The van der Waals surface area contributed by atoms with Crippen LogP contribution in [0.25, 0.3) is 0 Å². The molecule has 1 aromatic heterocycles. The van der Waals surface area contributed by atoms with Crippen LogP contribution in [0.5, 0.6) is 0 Å². The number of imidazole rings is 1.